The number of rotatable bonds is 5. The zero-order valence-electron chi connectivity index (χ0n) is 10.2. The number of aromatic nitrogens is 1. The highest BCUT2D eigenvalue weighted by molar-refractivity contribution is 5.50. The third-order valence-electron chi connectivity index (χ3n) is 2.52. The predicted octanol–water partition coefficient (Wildman–Crippen LogP) is 1.94. The number of pyridine rings is 1. The van der Waals surface area contributed by atoms with E-state index >= 15 is 0 Å². The lowest BCUT2D eigenvalue weighted by Gasteiger charge is -2.23. The molecular weight excluding hydrogens is 202 g/mol. The Kier molecular flexibility index (Phi) is 4.12. The van der Waals surface area contributed by atoms with Crippen LogP contribution in [0.15, 0.2) is 12.3 Å². The number of hydrogen-bond acceptors (Lipinski definition) is 4. The summed E-state index contributed by atoms with van der Waals surface area (Å²) in [7, 11) is 0. The fourth-order valence-electron chi connectivity index (χ4n) is 1.68. The molecular formula is C12H21N3O. The summed E-state index contributed by atoms with van der Waals surface area (Å²) in [6.07, 6.45) is 3.35. The average Bonchev–Trinajstić information content (AvgIpc) is 2.16. The minimum atomic E-state index is -0.690. The fourth-order valence-corrected chi connectivity index (χ4v) is 1.68. The van der Waals surface area contributed by atoms with Crippen molar-refractivity contribution >= 4 is 11.5 Å². The van der Waals surface area contributed by atoms with Crippen molar-refractivity contribution in [1.29, 1.82) is 0 Å². The van der Waals surface area contributed by atoms with E-state index in [1.165, 1.54) is 0 Å². The van der Waals surface area contributed by atoms with Gasteiger partial charge in [0.15, 0.2) is 0 Å². The molecule has 0 aliphatic carbocycles. The standard InChI is InChI=1S/C12H21N3O/c1-4-5-12(3,16)8-15-11-9(2)6-10(13)7-14-11/h6-7,16H,4-5,8,13H2,1-3H3,(H,14,15). The van der Waals surface area contributed by atoms with Crippen molar-refractivity contribution in [2.75, 3.05) is 17.6 Å². The SMILES string of the molecule is CCCC(C)(O)CNc1ncc(N)cc1C. The van der Waals surface area contributed by atoms with Crippen molar-refractivity contribution in [2.45, 2.75) is 39.2 Å². The molecule has 0 aliphatic rings. The van der Waals surface area contributed by atoms with Crippen LogP contribution < -0.4 is 11.1 Å². The van der Waals surface area contributed by atoms with Crippen molar-refractivity contribution in [3.8, 4) is 0 Å². The number of hydrogen-bond donors (Lipinski definition) is 3. The molecule has 0 aliphatic heterocycles. The van der Waals surface area contributed by atoms with E-state index in [9.17, 15) is 5.11 Å². The van der Waals surface area contributed by atoms with Gasteiger partial charge in [0.1, 0.15) is 5.82 Å². The summed E-state index contributed by atoms with van der Waals surface area (Å²) in [6, 6.07) is 1.86. The first-order valence-corrected chi connectivity index (χ1v) is 5.63. The summed E-state index contributed by atoms with van der Waals surface area (Å²) in [5.41, 5.74) is 6.58. The fraction of sp³-hybridized carbons (Fsp3) is 0.583. The maximum Gasteiger partial charge on any atom is 0.129 e. The molecule has 0 fully saturated rings. The third kappa shape index (κ3) is 3.70. The highest BCUT2D eigenvalue weighted by atomic mass is 16.3. The van der Waals surface area contributed by atoms with Gasteiger partial charge in [-0.15, -0.1) is 0 Å². The molecule has 4 nitrogen and oxygen atoms in total. The number of nitrogens with zero attached hydrogens (tertiary/aromatic N) is 1. The van der Waals surface area contributed by atoms with E-state index in [0.717, 1.165) is 24.2 Å². The number of nitrogen functional groups attached to an aromatic ring is 1. The Morgan fingerprint density at radius 2 is 2.25 bits per heavy atom. The van der Waals surface area contributed by atoms with E-state index in [2.05, 4.69) is 17.2 Å². The highest BCUT2D eigenvalue weighted by Gasteiger charge is 2.18. The minimum absolute atomic E-state index is 0.499. The molecule has 1 atom stereocenters. The summed E-state index contributed by atoms with van der Waals surface area (Å²) in [5.74, 6) is 0.783. The Bertz CT molecular complexity index is 350. The Labute approximate surface area is 96.9 Å². The van der Waals surface area contributed by atoms with E-state index in [1.807, 2.05) is 19.9 Å². The van der Waals surface area contributed by atoms with Gasteiger partial charge in [-0.3, -0.25) is 0 Å². The second-order valence-electron chi connectivity index (χ2n) is 4.53. The predicted molar refractivity (Wildman–Crippen MR) is 67.4 cm³/mol. The van der Waals surface area contributed by atoms with Gasteiger partial charge in [-0.1, -0.05) is 13.3 Å². The van der Waals surface area contributed by atoms with Crippen LogP contribution in [-0.2, 0) is 0 Å². The molecule has 1 heterocycles. The normalized spacial score (nSPS) is 14.5. The summed E-state index contributed by atoms with van der Waals surface area (Å²) in [6.45, 7) is 6.33. The first-order chi connectivity index (χ1) is 7.44. The lowest BCUT2D eigenvalue weighted by atomic mass is 10.0. The molecule has 0 spiro atoms. The maximum absolute atomic E-state index is 10.0. The van der Waals surface area contributed by atoms with Crippen molar-refractivity contribution in [2.24, 2.45) is 0 Å². The molecule has 1 unspecified atom stereocenters. The van der Waals surface area contributed by atoms with E-state index in [-0.39, 0.29) is 0 Å². The number of nitrogens with one attached hydrogen (secondary N) is 1. The van der Waals surface area contributed by atoms with Crippen LogP contribution in [0.25, 0.3) is 0 Å². The molecule has 0 saturated heterocycles. The molecule has 0 saturated carbocycles. The number of anilines is 2. The second kappa shape index (κ2) is 5.16. The highest BCUT2D eigenvalue weighted by Crippen LogP contribution is 2.17. The van der Waals surface area contributed by atoms with Crippen molar-refractivity contribution in [1.82, 2.24) is 4.98 Å². The Balaban J connectivity index is 2.61. The van der Waals surface area contributed by atoms with Crippen LogP contribution in [0, 0.1) is 6.92 Å². The summed E-state index contributed by atoms with van der Waals surface area (Å²) >= 11 is 0. The van der Waals surface area contributed by atoms with Gasteiger partial charge in [0.05, 0.1) is 17.5 Å². The van der Waals surface area contributed by atoms with Crippen LogP contribution in [0.5, 0.6) is 0 Å². The molecule has 0 bridgehead atoms. The van der Waals surface area contributed by atoms with Gasteiger partial charge in [-0.25, -0.2) is 4.98 Å². The van der Waals surface area contributed by atoms with E-state index < -0.39 is 5.60 Å². The van der Waals surface area contributed by atoms with E-state index in [1.54, 1.807) is 6.20 Å². The van der Waals surface area contributed by atoms with Crippen LogP contribution in [-0.4, -0.2) is 22.2 Å². The molecule has 4 heteroatoms. The number of nitrogens with two attached hydrogens (primary N) is 1. The van der Waals surface area contributed by atoms with Gasteiger partial charge >= 0.3 is 0 Å². The minimum Gasteiger partial charge on any atom is -0.397 e. The van der Waals surface area contributed by atoms with Crippen LogP contribution >= 0.6 is 0 Å². The topological polar surface area (TPSA) is 71.2 Å². The zero-order valence-corrected chi connectivity index (χ0v) is 10.2. The molecule has 1 aromatic heterocycles. The van der Waals surface area contributed by atoms with Crippen molar-refractivity contribution in [3.63, 3.8) is 0 Å². The first kappa shape index (κ1) is 12.8. The molecule has 90 valence electrons. The van der Waals surface area contributed by atoms with Crippen LogP contribution in [0.2, 0.25) is 0 Å². The van der Waals surface area contributed by atoms with Crippen molar-refractivity contribution in [3.05, 3.63) is 17.8 Å². The summed E-state index contributed by atoms with van der Waals surface area (Å²) < 4.78 is 0. The quantitative estimate of drug-likeness (QED) is 0.713. The summed E-state index contributed by atoms with van der Waals surface area (Å²) in [4.78, 5) is 4.19. The zero-order chi connectivity index (χ0) is 12.2. The Morgan fingerprint density at radius 1 is 1.56 bits per heavy atom. The smallest absolute Gasteiger partial charge is 0.129 e. The second-order valence-corrected chi connectivity index (χ2v) is 4.53. The lowest BCUT2D eigenvalue weighted by molar-refractivity contribution is 0.0636. The lowest BCUT2D eigenvalue weighted by Crippen LogP contribution is -2.33. The third-order valence-corrected chi connectivity index (χ3v) is 2.52. The van der Waals surface area contributed by atoms with Gasteiger partial charge in [0, 0.05) is 6.54 Å². The van der Waals surface area contributed by atoms with E-state index in [4.69, 9.17) is 5.73 Å². The molecule has 1 rings (SSSR count). The first-order valence-electron chi connectivity index (χ1n) is 5.63. The van der Waals surface area contributed by atoms with E-state index in [0.29, 0.717) is 12.2 Å². The van der Waals surface area contributed by atoms with Gasteiger partial charge in [0.25, 0.3) is 0 Å². The molecule has 0 radical (unpaired) electrons. The molecule has 0 aromatic carbocycles. The Morgan fingerprint density at radius 3 is 2.81 bits per heavy atom. The van der Waals surface area contributed by atoms with Gasteiger partial charge < -0.3 is 16.2 Å². The van der Waals surface area contributed by atoms with Crippen molar-refractivity contribution < 1.29 is 5.11 Å². The molecule has 16 heavy (non-hydrogen) atoms. The Hall–Kier alpha value is -1.29. The number of aliphatic hydroxyl groups is 1. The maximum atomic E-state index is 10.0. The molecule has 1 aromatic rings. The average molecular weight is 223 g/mol. The van der Waals surface area contributed by atoms with Crippen LogP contribution in [0.3, 0.4) is 0 Å². The van der Waals surface area contributed by atoms with Gasteiger partial charge in [0.2, 0.25) is 0 Å². The molecule has 0 amide bonds. The van der Waals surface area contributed by atoms with Gasteiger partial charge in [-0.2, -0.15) is 0 Å². The van der Waals surface area contributed by atoms with Gasteiger partial charge in [-0.05, 0) is 31.9 Å². The largest absolute Gasteiger partial charge is 0.397 e. The van der Waals surface area contributed by atoms with Crippen LogP contribution in [0.4, 0.5) is 11.5 Å². The molecule has 4 N–H and O–H groups in total. The summed E-state index contributed by atoms with van der Waals surface area (Å²) in [5, 5.41) is 13.2. The monoisotopic (exact) mass is 223 g/mol. The van der Waals surface area contributed by atoms with Crippen LogP contribution in [0.1, 0.15) is 32.3 Å². The number of aryl methyl sites for hydroxylation is 1.